The fourth-order valence-corrected chi connectivity index (χ4v) is 5.27. The van der Waals surface area contributed by atoms with Gasteiger partial charge in [0, 0.05) is 22.7 Å². The van der Waals surface area contributed by atoms with Crippen LogP contribution >= 0.6 is 23.4 Å². The molecule has 0 radical (unpaired) electrons. The number of para-hydroxylation sites is 1. The van der Waals surface area contributed by atoms with Crippen molar-refractivity contribution in [3.05, 3.63) is 137 Å². The van der Waals surface area contributed by atoms with E-state index in [0.29, 0.717) is 33.0 Å². The van der Waals surface area contributed by atoms with E-state index < -0.39 is 0 Å². The summed E-state index contributed by atoms with van der Waals surface area (Å²) in [6.07, 6.45) is 2.07. The maximum Gasteiger partial charge on any atom is 0.271 e. The van der Waals surface area contributed by atoms with Crippen LogP contribution in [0, 0.1) is 0 Å². The Balaban J connectivity index is 1.22. The highest BCUT2D eigenvalue weighted by Crippen LogP contribution is 2.31. The molecule has 0 spiro atoms. The number of aromatic nitrogens is 3. The Hall–Kier alpha value is -4.66. The largest absolute Gasteiger partial charge is 0.448 e. The lowest BCUT2D eigenvalue weighted by atomic mass is 10.0. The Bertz CT molecular complexity index is 1810. The van der Waals surface area contributed by atoms with E-state index in [2.05, 4.69) is 61.7 Å². The Morgan fingerprint density at radius 2 is 1.68 bits per heavy atom. The summed E-state index contributed by atoms with van der Waals surface area (Å²) in [7, 11) is 0. The molecule has 7 nitrogen and oxygen atoms in total. The predicted molar refractivity (Wildman–Crippen MR) is 157 cm³/mol. The first kappa shape index (κ1) is 25.6. The van der Waals surface area contributed by atoms with Gasteiger partial charge in [-0.2, -0.15) is 5.10 Å². The molecule has 0 atom stereocenters. The van der Waals surface area contributed by atoms with Crippen LogP contribution in [0.4, 0.5) is 0 Å². The zero-order chi connectivity index (χ0) is 27.3. The number of carbonyl (C=O) groups excluding carboxylic acids is 1. The van der Waals surface area contributed by atoms with Gasteiger partial charge in [0.1, 0.15) is 11.6 Å². The number of rotatable bonds is 8. The van der Waals surface area contributed by atoms with Gasteiger partial charge in [-0.05, 0) is 76.6 Å². The van der Waals surface area contributed by atoms with Crippen molar-refractivity contribution in [2.45, 2.75) is 16.7 Å². The molecular weight excluding hydrogens is 542 g/mol. The van der Waals surface area contributed by atoms with Gasteiger partial charge in [0.2, 0.25) is 5.16 Å². The van der Waals surface area contributed by atoms with Crippen molar-refractivity contribution in [3.8, 4) is 5.69 Å². The van der Waals surface area contributed by atoms with E-state index in [-0.39, 0.29) is 5.91 Å². The number of fused-ring (bicyclic) bond motifs is 1. The van der Waals surface area contributed by atoms with Crippen LogP contribution in [0.3, 0.4) is 0 Å². The Kier molecular flexibility index (Phi) is 7.43. The zero-order valence-electron chi connectivity index (χ0n) is 21.1. The molecule has 0 aliphatic heterocycles. The summed E-state index contributed by atoms with van der Waals surface area (Å²) in [6.45, 7) is 0. The Morgan fingerprint density at radius 1 is 0.900 bits per heavy atom. The highest BCUT2D eigenvalue weighted by Gasteiger charge is 2.18. The fraction of sp³-hybridized carbons (Fsp3) is 0.0323. The fourth-order valence-electron chi connectivity index (χ4n) is 4.30. The molecule has 6 aromatic rings. The molecule has 0 fully saturated rings. The third-order valence-corrected chi connectivity index (χ3v) is 7.32. The van der Waals surface area contributed by atoms with Crippen molar-refractivity contribution in [3.63, 3.8) is 0 Å². The minimum atomic E-state index is -0.344. The molecule has 0 bridgehead atoms. The monoisotopic (exact) mass is 563 g/mol. The molecule has 1 amide bonds. The number of hydrogen-bond acceptors (Lipinski definition) is 6. The lowest BCUT2D eigenvalue weighted by Gasteiger charge is -2.11. The van der Waals surface area contributed by atoms with Crippen LogP contribution in [0.2, 0.25) is 5.02 Å². The third kappa shape index (κ3) is 5.68. The summed E-state index contributed by atoms with van der Waals surface area (Å²) in [5.74, 6) is 0.965. The second-order valence-electron chi connectivity index (χ2n) is 8.85. The predicted octanol–water partition coefficient (Wildman–Crippen LogP) is 7.17. The molecule has 0 saturated heterocycles. The lowest BCUT2D eigenvalue weighted by Crippen LogP contribution is -2.17. The molecular formula is C31H22ClN5O2S. The van der Waals surface area contributed by atoms with Gasteiger partial charge >= 0.3 is 0 Å². The molecule has 6 rings (SSSR count). The number of nitrogens with one attached hydrogen (secondary N) is 1. The van der Waals surface area contributed by atoms with Gasteiger partial charge in [0.25, 0.3) is 5.91 Å². The van der Waals surface area contributed by atoms with Gasteiger partial charge in [-0.1, -0.05) is 72.3 Å². The van der Waals surface area contributed by atoms with E-state index in [1.807, 2.05) is 42.5 Å². The van der Waals surface area contributed by atoms with E-state index >= 15 is 0 Å². The molecule has 4 aromatic carbocycles. The normalized spacial score (nSPS) is 11.3. The van der Waals surface area contributed by atoms with E-state index in [0.717, 1.165) is 11.5 Å². The highest BCUT2D eigenvalue weighted by molar-refractivity contribution is 7.99. The molecule has 40 heavy (non-hydrogen) atoms. The quantitative estimate of drug-likeness (QED) is 0.157. The SMILES string of the molecule is O=C(N/N=C\c1ccc(Sc2nnc(Cc3cccc4ccccc34)n2-c2ccccc2)o1)c1ccc(Cl)cc1. The van der Waals surface area contributed by atoms with Gasteiger partial charge in [-0.3, -0.25) is 9.36 Å². The standard InChI is InChI=1S/C31H22ClN5O2S/c32-24-15-13-22(14-16-24)30(38)35-33-20-26-17-18-29(39-26)40-31-36-34-28(37(31)25-10-2-1-3-11-25)19-23-9-6-8-21-7-4-5-12-27(21)23/h1-18,20H,19H2,(H,35,38)/b33-20-. The Labute approximate surface area is 239 Å². The maximum absolute atomic E-state index is 12.2. The molecule has 0 aliphatic carbocycles. The maximum atomic E-state index is 12.2. The lowest BCUT2D eigenvalue weighted by molar-refractivity contribution is 0.0955. The molecule has 2 aromatic heterocycles. The van der Waals surface area contributed by atoms with E-state index in [4.69, 9.17) is 16.0 Å². The van der Waals surface area contributed by atoms with E-state index in [1.165, 1.54) is 34.3 Å². The van der Waals surface area contributed by atoms with Crippen LogP contribution in [0.1, 0.15) is 27.5 Å². The minimum absolute atomic E-state index is 0.344. The highest BCUT2D eigenvalue weighted by atomic mass is 35.5. The smallest absolute Gasteiger partial charge is 0.271 e. The number of furan rings is 1. The first-order chi connectivity index (χ1) is 19.6. The molecule has 1 N–H and O–H groups in total. The third-order valence-electron chi connectivity index (χ3n) is 6.20. The molecule has 196 valence electrons. The molecule has 0 saturated carbocycles. The van der Waals surface area contributed by atoms with Gasteiger partial charge in [0.15, 0.2) is 5.09 Å². The summed E-state index contributed by atoms with van der Waals surface area (Å²) < 4.78 is 7.98. The van der Waals surface area contributed by atoms with Crippen LogP contribution in [0.5, 0.6) is 0 Å². The topological polar surface area (TPSA) is 85.3 Å². The second kappa shape index (κ2) is 11.6. The summed E-state index contributed by atoms with van der Waals surface area (Å²) in [5.41, 5.74) is 5.08. The van der Waals surface area contributed by atoms with Crippen LogP contribution in [-0.4, -0.2) is 26.9 Å². The first-order valence-electron chi connectivity index (χ1n) is 12.5. The van der Waals surface area contributed by atoms with Crippen LogP contribution in [-0.2, 0) is 6.42 Å². The minimum Gasteiger partial charge on any atom is -0.448 e. The van der Waals surface area contributed by atoms with Gasteiger partial charge in [-0.25, -0.2) is 5.43 Å². The van der Waals surface area contributed by atoms with Gasteiger partial charge in [0.05, 0.1) is 6.21 Å². The van der Waals surface area contributed by atoms with Crippen molar-refractivity contribution in [2.24, 2.45) is 5.10 Å². The van der Waals surface area contributed by atoms with Crippen LogP contribution in [0.25, 0.3) is 16.5 Å². The summed E-state index contributed by atoms with van der Waals surface area (Å²) in [6, 6.07) is 34.9. The first-order valence-corrected chi connectivity index (χ1v) is 13.7. The summed E-state index contributed by atoms with van der Waals surface area (Å²) in [4.78, 5) is 12.2. The average Bonchev–Trinajstić information content (AvgIpc) is 3.60. The number of carbonyl (C=O) groups is 1. The summed E-state index contributed by atoms with van der Waals surface area (Å²) in [5, 5.41) is 17.3. The van der Waals surface area contributed by atoms with Gasteiger partial charge < -0.3 is 4.42 Å². The number of hydrogen-bond donors (Lipinski definition) is 1. The van der Waals surface area contributed by atoms with Crippen LogP contribution in [0.15, 0.2) is 129 Å². The Morgan fingerprint density at radius 3 is 2.52 bits per heavy atom. The average molecular weight is 564 g/mol. The second-order valence-corrected chi connectivity index (χ2v) is 10.3. The van der Waals surface area contributed by atoms with Crippen molar-refractivity contribution < 1.29 is 9.21 Å². The van der Waals surface area contributed by atoms with E-state index in [9.17, 15) is 4.79 Å². The number of nitrogens with zero attached hydrogens (tertiary/aromatic N) is 4. The number of hydrazone groups is 1. The molecule has 0 aliphatic rings. The van der Waals surface area contributed by atoms with Crippen molar-refractivity contribution >= 4 is 46.3 Å². The van der Waals surface area contributed by atoms with Crippen molar-refractivity contribution in [1.82, 2.24) is 20.2 Å². The van der Waals surface area contributed by atoms with Crippen LogP contribution < -0.4 is 5.43 Å². The molecule has 2 heterocycles. The molecule has 9 heteroatoms. The van der Waals surface area contributed by atoms with Crippen molar-refractivity contribution in [1.29, 1.82) is 0 Å². The van der Waals surface area contributed by atoms with E-state index in [1.54, 1.807) is 30.3 Å². The van der Waals surface area contributed by atoms with Crippen molar-refractivity contribution in [2.75, 3.05) is 0 Å². The number of benzene rings is 4. The summed E-state index contributed by atoms with van der Waals surface area (Å²) >= 11 is 7.24. The molecule has 0 unspecified atom stereocenters. The number of halogens is 1. The van der Waals surface area contributed by atoms with Gasteiger partial charge in [-0.15, -0.1) is 10.2 Å². The number of amides is 1. The zero-order valence-corrected chi connectivity index (χ0v) is 22.6.